The van der Waals surface area contributed by atoms with Gasteiger partial charge in [0, 0.05) is 11.5 Å². The van der Waals surface area contributed by atoms with Crippen molar-refractivity contribution in [1.29, 1.82) is 0 Å². The molecule has 0 amide bonds. The number of aromatic nitrogens is 2. The Morgan fingerprint density at radius 1 is 1.44 bits per heavy atom. The molecule has 0 spiro atoms. The highest BCUT2D eigenvalue weighted by Crippen LogP contribution is 2.19. The maximum absolute atomic E-state index is 5.67. The minimum absolute atomic E-state index is 0. The smallest absolute Gasteiger partial charge is 0.232 e. The van der Waals surface area contributed by atoms with Crippen molar-refractivity contribution >= 4 is 29.9 Å². The largest absolute Gasteiger partial charge is 0.370 e. The summed E-state index contributed by atoms with van der Waals surface area (Å²) in [6.45, 7) is 10.4. The van der Waals surface area contributed by atoms with Gasteiger partial charge in [0.2, 0.25) is 5.89 Å². The average molecular weight is 367 g/mol. The number of nitrogens with one attached hydrogen (secondary N) is 1. The van der Waals surface area contributed by atoms with E-state index in [0.29, 0.717) is 24.2 Å². The average Bonchev–Trinajstić information content (AvgIpc) is 2.61. The lowest BCUT2D eigenvalue weighted by Gasteiger charge is -2.10. The van der Waals surface area contributed by atoms with Crippen molar-refractivity contribution in [2.45, 2.75) is 52.6 Å². The van der Waals surface area contributed by atoms with E-state index in [4.69, 9.17) is 10.3 Å². The summed E-state index contributed by atoms with van der Waals surface area (Å²) in [6.07, 6.45) is 0. The van der Waals surface area contributed by atoms with Gasteiger partial charge >= 0.3 is 0 Å². The van der Waals surface area contributed by atoms with Gasteiger partial charge in [0.25, 0.3) is 0 Å². The lowest BCUT2D eigenvalue weighted by molar-refractivity contribution is 0.318. The third kappa shape index (κ3) is 5.65. The van der Waals surface area contributed by atoms with E-state index in [-0.39, 0.29) is 35.4 Å². The molecular formula is C11H22IN5O. The molecule has 0 saturated heterocycles. The van der Waals surface area contributed by atoms with Crippen LogP contribution >= 0.6 is 24.0 Å². The molecule has 1 heterocycles. The van der Waals surface area contributed by atoms with Gasteiger partial charge in [-0.05, 0) is 13.8 Å². The van der Waals surface area contributed by atoms with Gasteiger partial charge < -0.3 is 15.6 Å². The maximum Gasteiger partial charge on any atom is 0.232 e. The van der Waals surface area contributed by atoms with E-state index in [1.165, 1.54) is 0 Å². The van der Waals surface area contributed by atoms with Gasteiger partial charge in [-0.2, -0.15) is 4.98 Å². The van der Waals surface area contributed by atoms with E-state index in [1.54, 1.807) is 0 Å². The van der Waals surface area contributed by atoms with E-state index in [2.05, 4.69) is 20.4 Å². The first-order chi connectivity index (χ1) is 7.79. The van der Waals surface area contributed by atoms with Crippen LogP contribution in [0.3, 0.4) is 0 Å². The van der Waals surface area contributed by atoms with Gasteiger partial charge in [0.05, 0.1) is 0 Å². The van der Waals surface area contributed by atoms with Gasteiger partial charge in [-0.1, -0.05) is 25.9 Å². The van der Waals surface area contributed by atoms with Crippen molar-refractivity contribution in [3.63, 3.8) is 0 Å². The number of nitrogens with zero attached hydrogens (tertiary/aromatic N) is 3. The van der Waals surface area contributed by atoms with Gasteiger partial charge in [-0.3, -0.25) is 0 Å². The Kier molecular flexibility index (Phi) is 6.58. The van der Waals surface area contributed by atoms with E-state index in [0.717, 1.165) is 0 Å². The molecule has 0 saturated carbocycles. The molecule has 0 bridgehead atoms. The number of halogens is 1. The van der Waals surface area contributed by atoms with Crippen LogP contribution in [0.4, 0.5) is 0 Å². The zero-order valence-corrected chi connectivity index (χ0v) is 13.9. The Hall–Kier alpha value is -0.860. The molecule has 0 aromatic carbocycles. The topological polar surface area (TPSA) is 89.3 Å². The summed E-state index contributed by atoms with van der Waals surface area (Å²) >= 11 is 0. The Labute approximate surface area is 125 Å². The fourth-order valence-corrected chi connectivity index (χ4v) is 1.12. The van der Waals surface area contributed by atoms with E-state index >= 15 is 0 Å². The molecule has 0 radical (unpaired) electrons. The molecule has 1 aromatic heterocycles. The van der Waals surface area contributed by atoms with Crippen molar-refractivity contribution in [2.24, 2.45) is 10.7 Å². The van der Waals surface area contributed by atoms with Crippen molar-refractivity contribution in [1.82, 2.24) is 15.5 Å². The zero-order valence-electron chi connectivity index (χ0n) is 11.5. The molecule has 0 atom stereocenters. The maximum atomic E-state index is 5.67. The SMILES string of the molecule is CC(C)NC(N)=NCc1noc(C(C)(C)C)n1.I. The van der Waals surface area contributed by atoms with E-state index in [1.807, 2.05) is 34.6 Å². The molecule has 0 aliphatic rings. The molecule has 1 aromatic rings. The highest BCUT2D eigenvalue weighted by Gasteiger charge is 2.21. The number of hydrogen-bond acceptors (Lipinski definition) is 4. The first-order valence-electron chi connectivity index (χ1n) is 5.68. The van der Waals surface area contributed by atoms with Crippen LogP contribution in [0.1, 0.15) is 46.3 Å². The second kappa shape index (κ2) is 6.91. The minimum Gasteiger partial charge on any atom is -0.370 e. The zero-order chi connectivity index (χ0) is 13.1. The molecule has 7 heteroatoms. The van der Waals surface area contributed by atoms with Crippen LogP contribution in [-0.4, -0.2) is 22.1 Å². The Morgan fingerprint density at radius 3 is 2.50 bits per heavy atom. The van der Waals surface area contributed by atoms with Gasteiger partial charge in [-0.25, -0.2) is 4.99 Å². The Bertz CT molecular complexity index is 394. The van der Waals surface area contributed by atoms with Gasteiger partial charge in [0.1, 0.15) is 6.54 Å². The number of rotatable bonds is 3. The summed E-state index contributed by atoms with van der Waals surface area (Å²) in [6, 6.07) is 0.258. The predicted molar refractivity (Wildman–Crippen MR) is 82.0 cm³/mol. The number of nitrogens with two attached hydrogens (primary N) is 1. The molecule has 0 aliphatic carbocycles. The highest BCUT2D eigenvalue weighted by molar-refractivity contribution is 14.0. The summed E-state index contributed by atoms with van der Waals surface area (Å²) < 4.78 is 5.15. The summed E-state index contributed by atoms with van der Waals surface area (Å²) in [5.74, 6) is 1.55. The summed E-state index contributed by atoms with van der Waals surface area (Å²) in [5.41, 5.74) is 5.53. The monoisotopic (exact) mass is 367 g/mol. The van der Waals surface area contributed by atoms with E-state index < -0.39 is 0 Å². The molecule has 0 aliphatic heterocycles. The normalized spacial score (nSPS) is 12.4. The van der Waals surface area contributed by atoms with Crippen LogP contribution in [0.5, 0.6) is 0 Å². The molecule has 1 rings (SSSR count). The highest BCUT2D eigenvalue weighted by atomic mass is 127. The number of guanidine groups is 1. The third-order valence-electron chi connectivity index (χ3n) is 1.94. The molecule has 0 unspecified atom stereocenters. The minimum atomic E-state index is -0.142. The van der Waals surface area contributed by atoms with Gasteiger partial charge in [-0.15, -0.1) is 24.0 Å². The fourth-order valence-electron chi connectivity index (χ4n) is 1.12. The quantitative estimate of drug-likeness (QED) is 0.483. The van der Waals surface area contributed by atoms with Crippen molar-refractivity contribution in [3.8, 4) is 0 Å². The van der Waals surface area contributed by atoms with Crippen molar-refractivity contribution in [2.75, 3.05) is 0 Å². The molecule has 18 heavy (non-hydrogen) atoms. The standard InChI is InChI=1S/C11H21N5O.HI/c1-7(2)14-10(12)13-6-8-15-9(17-16-8)11(3,4)5;/h7H,6H2,1-5H3,(H3,12,13,14);1H. The molecular weight excluding hydrogens is 345 g/mol. The fraction of sp³-hybridized carbons (Fsp3) is 0.727. The van der Waals surface area contributed by atoms with Crippen LogP contribution < -0.4 is 11.1 Å². The second-order valence-electron chi connectivity index (χ2n) is 5.27. The van der Waals surface area contributed by atoms with Crippen molar-refractivity contribution in [3.05, 3.63) is 11.7 Å². The van der Waals surface area contributed by atoms with Crippen LogP contribution in [0.25, 0.3) is 0 Å². The lowest BCUT2D eigenvalue weighted by atomic mass is 9.97. The first kappa shape index (κ1) is 17.1. The Balaban J connectivity index is 0.00000289. The summed E-state index contributed by atoms with van der Waals surface area (Å²) in [7, 11) is 0. The predicted octanol–water partition coefficient (Wildman–Crippen LogP) is 1.80. The lowest BCUT2D eigenvalue weighted by Crippen LogP contribution is -2.36. The number of hydrogen-bond donors (Lipinski definition) is 2. The van der Waals surface area contributed by atoms with Crippen LogP contribution in [0, 0.1) is 0 Å². The molecule has 6 nitrogen and oxygen atoms in total. The van der Waals surface area contributed by atoms with Crippen LogP contribution in [-0.2, 0) is 12.0 Å². The summed E-state index contributed by atoms with van der Waals surface area (Å²) in [5, 5.41) is 6.85. The third-order valence-corrected chi connectivity index (χ3v) is 1.94. The molecule has 0 fully saturated rings. The molecule has 104 valence electrons. The first-order valence-corrected chi connectivity index (χ1v) is 5.68. The summed E-state index contributed by atoms with van der Waals surface area (Å²) in [4.78, 5) is 8.39. The van der Waals surface area contributed by atoms with Crippen LogP contribution in [0.15, 0.2) is 9.52 Å². The second-order valence-corrected chi connectivity index (χ2v) is 5.27. The number of aliphatic imine (C=N–C) groups is 1. The van der Waals surface area contributed by atoms with Gasteiger partial charge in [0.15, 0.2) is 11.8 Å². The van der Waals surface area contributed by atoms with Crippen LogP contribution in [0.2, 0.25) is 0 Å². The van der Waals surface area contributed by atoms with E-state index in [9.17, 15) is 0 Å². The molecule has 3 N–H and O–H groups in total. The van der Waals surface area contributed by atoms with Crippen molar-refractivity contribution < 1.29 is 4.52 Å². The Morgan fingerprint density at radius 2 is 2.06 bits per heavy atom.